The second-order valence-corrected chi connectivity index (χ2v) is 8.01. The maximum Gasteiger partial charge on any atom is 0.181 e. The summed E-state index contributed by atoms with van der Waals surface area (Å²) in [7, 11) is 2.14. The Morgan fingerprint density at radius 3 is 1.58 bits per heavy atom. The van der Waals surface area contributed by atoms with Crippen molar-refractivity contribution in [3.05, 3.63) is 29.1 Å². The van der Waals surface area contributed by atoms with Crippen LogP contribution >= 0.6 is 0 Å². The van der Waals surface area contributed by atoms with Crippen LogP contribution in [-0.2, 0) is 13.5 Å². The molecule has 0 fully saturated rings. The van der Waals surface area contributed by atoms with Crippen LogP contribution in [0.25, 0.3) is 0 Å². The van der Waals surface area contributed by atoms with Crippen LogP contribution < -0.4 is 17.0 Å². The minimum atomic E-state index is 0. The smallest absolute Gasteiger partial charge is 0.181 e. The summed E-state index contributed by atoms with van der Waals surface area (Å²) in [6.07, 6.45) is 23.6. The van der Waals surface area contributed by atoms with Crippen molar-refractivity contribution in [2.24, 2.45) is 7.05 Å². The summed E-state index contributed by atoms with van der Waals surface area (Å²) in [6, 6.07) is 2.31. The van der Waals surface area contributed by atoms with Crippen molar-refractivity contribution in [1.29, 1.82) is 0 Å². The van der Waals surface area contributed by atoms with Crippen molar-refractivity contribution < 1.29 is 17.0 Å². The summed E-state index contributed by atoms with van der Waals surface area (Å²) in [5, 5.41) is 0. The van der Waals surface area contributed by atoms with Crippen molar-refractivity contribution in [3.8, 4) is 0 Å². The van der Waals surface area contributed by atoms with Crippen molar-refractivity contribution in [2.75, 3.05) is 0 Å². The Hall–Kier alpha value is -0.560. The molecule has 152 valence electrons. The first kappa shape index (κ1) is 25.4. The van der Waals surface area contributed by atoms with E-state index < -0.39 is 0 Å². The molecule has 0 saturated heterocycles. The molecule has 0 spiro atoms. The summed E-state index contributed by atoms with van der Waals surface area (Å²) in [4.78, 5) is 0. The third-order valence-electron chi connectivity index (χ3n) is 5.85. The zero-order valence-corrected chi connectivity index (χ0v) is 18.8. The van der Waals surface area contributed by atoms with Gasteiger partial charge in [0.25, 0.3) is 0 Å². The van der Waals surface area contributed by atoms with Crippen molar-refractivity contribution >= 4 is 0 Å². The molecule has 1 aromatic heterocycles. The van der Waals surface area contributed by atoms with Gasteiger partial charge in [-0.25, -0.2) is 4.57 Å². The average molecular weight is 382 g/mol. The monoisotopic (exact) mass is 381 g/mol. The molecule has 1 heterocycles. The zero-order valence-electron chi connectivity index (χ0n) is 18.1. The quantitative estimate of drug-likeness (QED) is 0.317. The lowest BCUT2D eigenvalue weighted by Gasteiger charge is -2.07. The molecule has 1 aromatic rings. The molecule has 26 heavy (non-hydrogen) atoms. The molecule has 1 nitrogen and oxygen atoms in total. The van der Waals surface area contributed by atoms with Gasteiger partial charge in [-0.15, -0.1) is 0 Å². The predicted molar refractivity (Wildman–Crippen MR) is 111 cm³/mol. The standard InChI is InChI=1S/C24H44N.ClH/c1-5-6-7-8-9-10-11-12-13-14-15-16-17-18-19-24-20-21-25(4)23(3)22(24)2;/h20-21H,5-19H2,1-4H3;1H/q+1;/p-1. The first-order valence-electron chi connectivity index (χ1n) is 11.1. The molecule has 0 N–H and O–H groups in total. The van der Waals surface area contributed by atoms with Crippen LogP contribution in [0.4, 0.5) is 0 Å². The van der Waals surface area contributed by atoms with Crippen LogP contribution in [0.3, 0.4) is 0 Å². The molecule has 0 amide bonds. The lowest BCUT2D eigenvalue weighted by atomic mass is 10.0. The molecule has 2 heteroatoms. The molecule has 0 bridgehead atoms. The number of unbranched alkanes of at least 4 members (excludes halogenated alkanes) is 13. The number of rotatable bonds is 15. The van der Waals surface area contributed by atoms with Gasteiger partial charge in [0.2, 0.25) is 0 Å². The average Bonchev–Trinajstić information content (AvgIpc) is 2.61. The molecule has 0 aliphatic heterocycles. The highest BCUT2D eigenvalue weighted by atomic mass is 35.5. The second-order valence-electron chi connectivity index (χ2n) is 8.01. The predicted octanol–water partition coefficient (Wildman–Crippen LogP) is 4.16. The van der Waals surface area contributed by atoms with E-state index in [1.54, 1.807) is 5.56 Å². The number of pyridine rings is 1. The number of aromatic nitrogens is 1. The van der Waals surface area contributed by atoms with Gasteiger partial charge in [-0.05, 0) is 25.3 Å². The Kier molecular flexibility index (Phi) is 16.2. The summed E-state index contributed by atoms with van der Waals surface area (Å²) in [5.41, 5.74) is 4.44. The number of halogens is 1. The Morgan fingerprint density at radius 1 is 0.692 bits per heavy atom. The van der Waals surface area contributed by atoms with Crippen LogP contribution in [0.15, 0.2) is 12.3 Å². The summed E-state index contributed by atoms with van der Waals surface area (Å²) < 4.78 is 2.23. The lowest BCUT2D eigenvalue weighted by Crippen LogP contribution is -3.00. The molecule has 0 unspecified atom stereocenters. The number of hydrogen-bond acceptors (Lipinski definition) is 0. The fourth-order valence-electron chi connectivity index (χ4n) is 3.72. The van der Waals surface area contributed by atoms with E-state index in [1.807, 2.05) is 0 Å². The minimum absolute atomic E-state index is 0. The van der Waals surface area contributed by atoms with E-state index in [-0.39, 0.29) is 12.4 Å². The third-order valence-corrected chi connectivity index (χ3v) is 5.85. The van der Waals surface area contributed by atoms with E-state index >= 15 is 0 Å². The van der Waals surface area contributed by atoms with E-state index in [1.165, 1.54) is 108 Å². The van der Waals surface area contributed by atoms with E-state index in [0.29, 0.717) is 0 Å². The third kappa shape index (κ3) is 11.2. The maximum atomic E-state index is 2.31. The largest absolute Gasteiger partial charge is 1.00 e. The van der Waals surface area contributed by atoms with Crippen molar-refractivity contribution in [3.63, 3.8) is 0 Å². The van der Waals surface area contributed by atoms with Crippen molar-refractivity contribution in [2.45, 2.75) is 117 Å². The molecule has 0 aromatic carbocycles. The number of nitrogens with zero attached hydrogens (tertiary/aromatic N) is 1. The molecule has 0 atom stereocenters. The van der Waals surface area contributed by atoms with Gasteiger partial charge >= 0.3 is 0 Å². The van der Waals surface area contributed by atoms with Gasteiger partial charge in [0.05, 0.1) is 0 Å². The number of hydrogen-bond donors (Lipinski definition) is 0. The first-order valence-corrected chi connectivity index (χ1v) is 11.1. The Labute approximate surface area is 170 Å². The first-order chi connectivity index (χ1) is 12.2. The molecular weight excluding hydrogens is 338 g/mol. The highest BCUT2D eigenvalue weighted by Crippen LogP contribution is 2.15. The molecule has 0 aliphatic rings. The summed E-state index contributed by atoms with van der Waals surface area (Å²) >= 11 is 0. The Bertz CT molecular complexity index is 456. The Balaban J connectivity index is 0.00000625. The molecular formula is C24H44ClN. The van der Waals surface area contributed by atoms with E-state index in [9.17, 15) is 0 Å². The van der Waals surface area contributed by atoms with Crippen LogP contribution in [0.1, 0.15) is 114 Å². The lowest BCUT2D eigenvalue weighted by molar-refractivity contribution is -0.678. The van der Waals surface area contributed by atoms with Gasteiger partial charge in [-0.3, -0.25) is 0 Å². The maximum absolute atomic E-state index is 2.31. The highest BCUT2D eigenvalue weighted by Gasteiger charge is 2.08. The minimum Gasteiger partial charge on any atom is -1.00 e. The summed E-state index contributed by atoms with van der Waals surface area (Å²) in [6.45, 7) is 6.79. The van der Waals surface area contributed by atoms with E-state index in [4.69, 9.17) is 0 Å². The number of aryl methyl sites for hydroxylation is 2. The molecule has 0 saturated carbocycles. The topological polar surface area (TPSA) is 3.88 Å². The van der Waals surface area contributed by atoms with Gasteiger partial charge in [0.15, 0.2) is 11.9 Å². The zero-order chi connectivity index (χ0) is 18.3. The van der Waals surface area contributed by atoms with Crippen LogP contribution in [0.2, 0.25) is 0 Å². The molecule has 1 rings (SSSR count). The van der Waals surface area contributed by atoms with E-state index in [0.717, 1.165) is 0 Å². The molecule has 0 aliphatic carbocycles. The fraction of sp³-hybridized carbons (Fsp3) is 0.792. The highest BCUT2D eigenvalue weighted by molar-refractivity contribution is 5.24. The van der Waals surface area contributed by atoms with Gasteiger partial charge < -0.3 is 12.4 Å². The Morgan fingerprint density at radius 2 is 1.12 bits per heavy atom. The summed E-state index contributed by atoms with van der Waals surface area (Å²) in [5.74, 6) is 0. The van der Waals surface area contributed by atoms with Gasteiger partial charge in [0.1, 0.15) is 7.05 Å². The molecule has 0 radical (unpaired) electrons. The second kappa shape index (κ2) is 16.6. The normalized spacial score (nSPS) is 10.8. The van der Waals surface area contributed by atoms with Crippen LogP contribution in [0, 0.1) is 13.8 Å². The van der Waals surface area contributed by atoms with Crippen molar-refractivity contribution in [1.82, 2.24) is 0 Å². The van der Waals surface area contributed by atoms with Gasteiger partial charge in [0, 0.05) is 18.6 Å². The fourth-order valence-corrected chi connectivity index (χ4v) is 3.72. The van der Waals surface area contributed by atoms with Gasteiger partial charge in [-0.1, -0.05) is 90.4 Å². The SMILES string of the molecule is CCCCCCCCCCCCCCCCc1cc[n+](C)c(C)c1C.[Cl-]. The van der Waals surface area contributed by atoms with E-state index in [2.05, 4.69) is 44.6 Å². The van der Waals surface area contributed by atoms with Gasteiger partial charge in [-0.2, -0.15) is 0 Å². The van der Waals surface area contributed by atoms with Crippen LogP contribution in [0.5, 0.6) is 0 Å². The van der Waals surface area contributed by atoms with Crippen LogP contribution in [-0.4, -0.2) is 0 Å².